The van der Waals surface area contributed by atoms with Gasteiger partial charge in [0.25, 0.3) is 0 Å². The van der Waals surface area contributed by atoms with E-state index in [9.17, 15) is 4.79 Å². The molecule has 0 saturated heterocycles. The molecule has 70 valence electrons. The molecule has 0 unspecified atom stereocenters. The first kappa shape index (κ1) is 10.2. The third-order valence-electron chi connectivity index (χ3n) is 1.92. The molecule has 0 heterocycles. The first-order chi connectivity index (χ1) is 6.81. The predicted octanol–water partition coefficient (Wildman–Crippen LogP) is 3.18. The van der Waals surface area contributed by atoms with Crippen LogP contribution in [0.15, 0.2) is 37.4 Å². The molecule has 0 radical (unpaired) electrons. The molecular weight excluding hydrogens is 172 g/mol. The van der Waals surface area contributed by atoms with Crippen molar-refractivity contribution in [1.29, 1.82) is 0 Å². The first-order valence-electron chi connectivity index (χ1n) is 4.32. The molecule has 1 rings (SSSR count). The van der Waals surface area contributed by atoms with Crippen LogP contribution < -0.4 is 0 Å². The van der Waals surface area contributed by atoms with Gasteiger partial charge in [0.2, 0.25) is 0 Å². The van der Waals surface area contributed by atoms with E-state index >= 15 is 0 Å². The lowest BCUT2D eigenvalue weighted by atomic mass is 10.0. The minimum atomic E-state index is 0.759. The summed E-state index contributed by atoms with van der Waals surface area (Å²) in [6.45, 7) is 7.43. The van der Waals surface area contributed by atoms with E-state index in [0.29, 0.717) is 0 Å². The van der Waals surface area contributed by atoms with Crippen LogP contribution in [-0.2, 0) is 4.79 Å². The Morgan fingerprint density at radius 1 is 1.07 bits per heavy atom. The summed E-state index contributed by atoms with van der Waals surface area (Å²) in [6, 6.07) is 5.85. The van der Waals surface area contributed by atoms with Gasteiger partial charge >= 0.3 is 0 Å². The van der Waals surface area contributed by atoms with Crippen LogP contribution in [0.5, 0.6) is 0 Å². The molecule has 0 aliphatic rings. The Bertz CT molecular complexity index is 386. The Kier molecular flexibility index (Phi) is 3.62. The van der Waals surface area contributed by atoms with Gasteiger partial charge < -0.3 is 0 Å². The number of aldehydes is 1. The van der Waals surface area contributed by atoms with Gasteiger partial charge in [-0.15, -0.1) is 0 Å². The minimum Gasteiger partial charge on any atom is -0.299 e. The molecule has 0 bridgehead atoms. The molecule has 0 saturated carbocycles. The van der Waals surface area contributed by atoms with Crippen molar-refractivity contribution in [2.45, 2.75) is 0 Å². The van der Waals surface area contributed by atoms with Gasteiger partial charge in [0, 0.05) is 0 Å². The molecule has 0 aliphatic heterocycles. The standard InChI is InChI=1S/C13H12O/c1-3-12-8-7-11(6-5-9-14)10-13(12)4-2/h3-10H,1-2H2/b6-5+. The van der Waals surface area contributed by atoms with E-state index in [1.807, 2.05) is 18.2 Å². The molecule has 1 aromatic carbocycles. The van der Waals surface area contributed by atoms with Crippen LogP contribution in [-0.4, -0.2) is 6.29 Å². The first-order valence-corrected chi connectivity index (χ1v) is 4.32. The Morgan fingerprint density at radius 3 is 2.36 bits per heavy atom. The molecule has 14 heavy (non-hydrogen) atoms. The van der Waals surface area contributed by atoms with E-state index in [1.54, 1.807) is 18.2 Å². The van der Waals surface area contributed by atoms with Gasteiger partial charge in [-0.3, -0.25) is 4.79 Å². The van der Waals surface area contributed by atoms with Gasteiger partial charge in [-0.2, -0.15) is 0 Å². The maximum Gasteiger partial charge on any atom is 0.142 e. The van der Waals surface area contributed by atoms with Gasteiger partial charge in [0.15, 0.2) is 0 Å². The average Bonchev–Trinajstić information content (AvgIpc) is 2.25. The van der Waals surface area contributed by atoms with Gasteiger partial charge in [-0.25, -0.2) is 0 Å². The molecule has 1 aromatic rings. The highest BCUT2D eigenvalue weighted by atomic mass is 16.1. The summed E-state index contributed by atoms with van der Waals surface area (Å²) < 4.78 is 0. The number of allylic oxidation sites excluding steroid dienone is 1. The van der Waals surface area contributed by atoms with Crippen LogP contribution in [0, 0.1) is 0 Å². The summed E-state index contributed by atoms with van der Waals surface area (Å²) in [5.41, 5.74) is 3.05. The van der Waals surface area contributed by atoms with Gasteiger partial charge in [-0.1, -0.05) is 43.5 Å². The molecule has 0 amide bonds. The lowest BCUT2D eigenvalue weighted by molar-refractivity contribution is -0.104. The van der Waals surface area contributed by atoms with Crippen LogP contribution in [0.3, 0.4) is 0 Å². The van der Waals surface area contributed by atoms with Gasteiger partial charge in [-0.05, 0) is 28.8 Å². The maximum absolute atomic E-state index is 10.1. The molecule has 0 fully saturated rings. The lowest BCUT2D eigenvalue weighted by Gasteiger charge is -2.01. The Hall–Kier alpha value is -1.89. The van der Waals surface area contributed by atoms with E-state index in [0.717, 1.165) is 23.0 Å². The van der Waals surface area contributed by atoms with Crippen LogP contribution in [0.4, 0.5) is 0 Å². The molecule has 1 nitrogen and oxygen atoms in total. The number of carbonyl (C=O) groups excluding carboxylic acids is 1. The number of hydrogen-bond donors (Lipinski definition) is 0. The van der Waals surface area contributed by atoms with E-state index in [1.165, 1.54) is 6.08 Å². The number of rotatable bonds is 4. The van der Waals surface area contributed by atoms with Crippen molar-refractivity contribution in [3.05, 3.63) is 54.1 Å². The van der Waals surface area contributed by atoms with E-state index < -0.39 is 0 Å². The number of benzene rings is 1. The quantitative estimate of drug-likeness (QED) is 0.519. The van der Waals surface area contributed by atoms with Crippen molar-refractivity contribution in [1.82, 2.24) is 0 Å². The smallest absolute Gasteiger partial charge is 0.142 e. The molecule has 0 N–H and O–H groups in total. The summed E-state index contributed by atoms with van der Waals surface area (Å²) in [6.07, 6.45) is 7.54. The van der Waals surface area contributed by atoms with Crippen molar-refractivity contribution < 1.29 is 4.79 Å². The fourth-order valence-electron chi connectivity index (χ4n) is 1.21. The minimum absolute atomic E-state index is 0.759. The van der Waals surface area contributed by atoms with Crippen LogP contribution in [0.25, 0.3) is 18.2 Å². The maximum atomic E-state index is 10.1. The van der Waals surface area contributed by atoms with E-state index in [2.05, 4.69) is 13.2 Å². The molecule has 0 aliphatic carbocycles. The monoisotopic (exact) mass is 184 g/mol. The van der Waals surface area contributed by atoms with Crippen LogP contribution >= 0.6 is 0 Å². The molecular formula is C13H12O. The van der Waals surface area contributed by atoms with E-state index in [-0.39, 0.29) is 0 Å². The molecule has 0 aromatic heterocycles. The van der Waals surface area contributed by atoms with Crippen molar-refractivity contribution in [3.63, 3.8) is 0 Å². The third kappa shape index (κ3) is 2.30. The van der Waals surface area contributed by atoms with Crippen LogP contribution in [0.2, 0.25) is 0 Å². The predicted molar refractivity (Wildman–Crippen MR) is 61.7 cm³/mol. The lowest BCUT2D eigenvalue weighted by Crippen LogP contribution is -1.81. The summed E-state index contributed by atoms with van der Waals surface area (Å²) in [4.78, 5) is 10.1. The Labute approximate surface area is 84.1 Å². The zero-order chi connectivity index (χ0) is 10.4. The molecule has 0 atom stereocenters. The van der Waals surface area contributed by atoms with Gasteiger partial charge in [0.05, 0.1) is 0 Å². The largest absolute Gasteiger partial charge is 0.299 e. The van der Waals surface area contributed by atoms with Crippen molar-refractivity contribution in [2.75, 3.05) is 0 Å². The summed E-state index contributed by atoms with van der Waals surface area (Å²) in [7, 11) is 0. The highest BCUT2D eigenvalue weighted by Crippen LogP contribution is 2.15. The highest BCUT2D eigenvalue weighted by molar-refractivity contribution is 5.75. The second kappa shape index (κ2) is 4.97. The topological polar surface area (TPSA) is 17.1 Å². The van der Waals surface area contributed by atoms with Crippen molar-refractivity contribution in [2.24, 2.45) is 0 Å². The summed E-state index contributed by atoms with van der Waals surface area (Å²) in [5, 5.41) is 0. The third-order valence-corrected chi connectivity index (χ3v) is 1.92. The summed E-state index contributed by atoms with van der Waals surface area (Å²) in [5.74, 6) is 0. The highest BCUT2D eigenvalue weighted by Gasteiger charge is 1.95. The zero-order valence-corrected chi connectivity index (χ0v) is 7.94. The second-order valence-electron chi connectivity index (χ2n) is 2.79. The fourth-order valence-corrected chi connectivity index (χ4v) is 1.21. The fraction of sp³-hybridized carbons (Fsp3) is 0. The molecule has 0 spiro atoms. The Morgan fingerprint density at radius 2 is 1.79 bits per heavy atom. The van der Waals surface area contributed by atoms with Crippen molar-refractivity contribution >= 4 is 24.5 Å². The Balaban J connectivity index is 3.13. The normalized spacial score (nSPS) is 10.0. The second-order valence-corrected chi connectivity index (χ2v) is 2.79. The van der Waals surface area contributed by atoms with Gasteiger partial charge in [0.1, 0.15) is 6.29 Å². The molecule has 1 heteroatoms. The average molecular weight is 184 g/mol. The van der Waals surface area contributed by atoms with Crippen molar-refractivity contribution in [3.8, 4) is 0 Å². The van der Waals surface area contributed by atoms with Crippen LogP contribution in [0.1, 0.15) is 16.7 Å². The SMILES string of the molecule is C=Cc1ccc(/C=C/C=O)cc1C=C. The zero-order valence-electron chi connectivity index (χ0n) is 7.94. The number of carbonyl (C=O) groups is 1. The summed E-state index contributed by atoms with van der Waals surface area (Å²) >= 11 is 0. The number of hydrogen-bond acceptors (Lipinski definition) is 1. The van der Waals surface area contributed by atoms with E-state index in [4.69, 9.17) is 0 Å².